The average Bonchev–Trinajstić information content (AvgIpc) is 2.89. The fraction of sp³-hybridized carbons (Fsp3) is 0.643. The number of nitrogens with zero attached hydrogens (tertiary/aromatic N) is 1. The molecule has 0 spiro atoms. The molecule has 1 aromatic rings. The molecule has 1 atom stereocenters. The molecule has 1 unspecified atom stereocenters. The van der Waals surface area contributed by atoms with Gasteiger partial charge < -0.3 is 14.1 Å². The van der Waals surface area contributed by atoms with Crippen LogP contribution in [0.5, 0.6) is 0 Å². The Morgan fingerprint density at radius 1 is 1.32 bits per heavy atom. The van der Waals surface area contributed by atoms with Crippen molar-refractivity contribution in [3.05, 3.63) is 22.6 Å². The van der Waals surface area contributed by atoms with Crippen molar-refractivity contribution >= 4 is 21.8 Å². The lowest BCUT2D eigenvalue weighted by atomic mass is 10.2. The van der Waals surface area contributed by atoms with Gasteiger partial charge in [0.2, 0.25) is 0 Å². The normalized spacial score (nSPS) is 22.7. The molecule has 19 heavy (non-hydrogen) atoms. The van der Waals surface area contributed by atoms with Gasteiger partial charge in [-0.05, 0) is 59.7 Å². The third kappa shape index (κ3) is 3.39. The molecule has 0 aromatic carbocycles. The molecule has 1 aromatic heterocycles. The van der Waals surface area contributed by atoms with E-state index in [-0.39, 0.29) is 12.0 Å². The van der Waals surface area contributed by atoms with Gasteiger partial charge in [0.1, 0.15) is 0 Å². The summed E-state index contributed by atoms with van der Waals surface area (Å²) in [5, 5.41) is 0. The van der Waals surface area contributed by atoms with Crippen LogP contribution in [0.2, 0.25) is 0 Å². The van der Waals surface area contributed by atoms with E-state index in [0.29, 0.717) is 22.9 Å². The van der Waals surface area contributed by atoms with Gasteiger partial charge in [-0.2, -0.15) is 0 Å². The Kier molecular flexibility index (Phi) is 3.93. The molecule has 0 bridgehead atoms. The van der Waals surface area contributed by atoms with Gasteiger partial charge in [0, 0.05) is 19.7 Å². The van der Waals surface area contributed by atoms with Crippen molar-refractivity contribution in [2.24, 2.45) is 5.92 Å². The molecule has 2 aliphatic rings. The summed E-state index contributed by atoms with van der Waals surface area (Å²) in [6.07, 6.45) is 4.81. The van der Waals surface area contributed by atoms with E-state index in [1.807, 2.05) is 4.90 Å². The summed E-state index contributed by atoms with van der Waals surface area (Å²) < 4.78 is 11.6. The molecule has 0 N–H and O–H groups in total. The summed E-state index contributed by atoms with van der Waals surface area (Å²) in [7, 11) is 0. The van der Waals surface area contributed by atoms with Crippen LogP contribution in [-0.2, 0) is 4.74 Å². The number of rotatable bonds is 5. The van der Waals surface area contributed by atoms with Crippen LogP contribution in [0.4, 0.5) is 0 Å². The average molecular weight is 328 g/mol. The number of carbonyl (C=O) groups excluding carboxylic acids is 1. The first-order chi connectivity index (χ1) is 9.22. The van der Waals surface area contributed by atoms with Gasteiger partial charge in [-0.25, -0.2) is 0 Å². The van der Waals surface area contributed by atoms with E-state index in [1.165, 1.54) is 12.8 Å². The maximum atomic E-state index is 12.5. The minimum Gasteiger partial charge on any atom is -0.444 e. The number of halogens is 1. The minimum atomic E-state index is -0.0203. The zero-order chi connectivity index (χ0) is 13.2. The number of furan rings is 1. The van der Waals surface area contributed by atoms with Gasteiger partial charge in [0.25, 0.3) is 5.91 Å². The molecule has 1 saturated carbocycles. The summed E-state index contributed by atoms with van der Waals surface area (Å²) in [6, 6.07) is 3.48. The van der Waals surface area contributed by atoms with Crippen molar-refractivity contribution in [1.29, 1.82) is 0 Å². The van der Waals surface area contributed by atoms with E-state index in [2.05, 4.69) is 15.9 Å². The maximum absolute atomic E-state index is 12.5. The topological polar surface area (TPSA) is 42.7 Å². The smallest absolute Gasteiger partial charge is 0.289 e. The minimum absolute atomic E-state index is 0.0203. The number of carbonyl (C=O) groups is 1. The van der Waals surface area contributed by atoms with Crippen molar-refractivity contribution in [2.45, 2.75) is 31.8 Å². The molecule has 1 saturated heterocycles. The van der Waals surface area contributed by atoms with E-state index in [4.69, 9.17) is 9.15 Å². The predicted molar refractivity (Wildman–Crippen MR) is 74.0 cm³/mol. The Morgan fingerprint density at radius 3 is 2.74 bits per heavy atom. The molecular formula is C14H18BrNO3. The monoisotopic (exact) mass is 327 g/mol. The molecule has 1 aliphatic carbocycles. The maximum Gasteiger partial charge on any atom is 0.289 e. The van der Waals surface area contributed by atoms with Gasteiger partial charge >= 0.3 is 0 Å². The Morgan fingerprint density at radius 2 is 2.16 bits per heavy atom. The molecule has 2 heterocycles. The van der Waals surface area contributed by atoms with E-state index < -0.39 is 0 Å². The molecule has 2 fully saturated rings. The standard InChI is InChI=1S/C14H18BrNO3/c15-13-6-5-12(19-13)14(17)16(8-10-3-4-10)9-11-2-1-7-18-11/h5-6,10-11H,1-4,7-9H2. The number of amides is 1. The van der Waals surface area contributed by atoms with E-state index in [1.54, 1.807) is 12.1 Å². The summed E-state index contributed by atoms with van der Waals surface area (Å²) in [5.41, 5.74) is 0. The Labute approximate surface area is 121 Å². The molecule has 4 nitrogen and oxygen atoms in total. The largest absolute Gasteiger partial charge is 0.444 e. The fourth-order valence-corrected chi connectivity index (χ4v) is 2.78. The molecule has 104 valence electrons. The Balaban J connectivity index is 1.67. The van der Waals surface area contributed by atoms with E-state index in [9.17, 15) is 4.79 Å². The zero-order valence-corrected chi connectivity index (χ0v) is 12.4. The quantitative estimate of drug-likeness (QED) is 0.834. The third-order valence-corrected chi connectivity index (χ3v) is 4.12. The zero-order valence-electron chi connectivity index (χ0n) is 10.8. The molecule has 5 heteroatoms. The van der Waals surface area contributed by atoms with Gasteiger partial charge in [-0.1, -0.05) is 0 Å². The highest BCUT2D eigenvalue weighted by molar-refractivity contribution is 9.10. The van der Waals surface area contributed by atoms with Gasteiger partial charge in [-0.3, -0.25) is 4.79 Å². The van der Waals surface area contributed by atoms with Gasteiger partial charge in [0.15, 0.2) is 10.4 Å². The van der Waals surface area contributed by atoms with Crippen molar-refractivity contribution < 1.29 is 13.9 Å². The molecular weight excluding hydrogens is 310 g/mol. The summed E-state index contributed by atoms with van der Waals surface area (Å²) in [5.74, 6) is 1.06. The second-order valence-corrected chi connectivity index (χ2v) is 6.17. The summed E-state index contributed by atoms with van der Waals surface area (Å²) in [6.45, 7) is 2.34. The van der Waals surface area contributed by atoms with Crippen LogP contribution in [0.3, 0.4) is 0 Å². The molecule has 3 rings (SSSR count). The van der Waals surface area contributed by atoms with E-state index in [0.717, 1.165) is 26.0 Å². The summed E-state index contributed by atoms with van der Waals surface area (Å²) >= 11 is 3.24. The Hall–Kier alpha value is -0.810. The predicted octanol–water partition coefficient (Wildman–Crippen LogP) is 3.07. The highest BCUT2D eigenvalue weighted by Gasteiger charge is 2.31. The number of hydrogen-bond acceptors (Lipinski definition) is 3. The number of hydrogen-bond donors (Lipinski definition) is 0. The lowest BCUT2D eigenvalue weighted by Crippen LogP contribution is -2.38. The Bertz CT molecular complexity index is 449. The van der Waals surface area contributed by atoms with Crippen molar-refractivity contribution in [3.8, 4) is 0 Å². The first kappa shape index (κ1) is 13.2. The summed E-state index contributed by atoms with van der Waals surface area (Å²) in [4.78, 5) is 14.4. The fourth-order valence-electron chi connectivity index (χ4n) is 2.47. The second-order valence-electron chi connectivity index (χ2n) is 5.39. The SMILES string of the molecule is O=C(c1ccc(Br)o1)N(CC1CC1)CC1CCCO1. The van der Waals surface area contributed by atoms with Crippen molar-refractivity contribution in [1.82, 2.24) is 4.90 Å². The first-order valence-electron chi connectivity index (χ1n) is 6.88. The molecule has 1 aliphatic heterocycles. The molecule has 1 amide bonds. The van der Waals surface area contributed by atoms with Crippen LogP contribution < -0.4 is 0 Å². The lowest BCUT2D eigenvalue weighted by molar-refractivity contribution is 0.0491. The molecule has 0 radical (unpaired) electrons. The van der Waals surface area contributed by atoms with Crippen LogP contribution in [0, 0.1) is 5.92 Å². The van der Waals surface area contributed by atoms with E-state index >= 15 is 0 Å². The van der Waals surface area contributed by atoms with Crippen LogP contribution in [0.15, 0.2) is 21.2 Å². The number of ether oxygens (including phenoxy) is 1. The van der Waals surface area contributed by atoms with Crippen molar-refractivity contribution in [3.63, 3.8) is 0 Å². The van der Waals surface area contributed by atoms with Crippen LogP contribution >= 0.6 is 15.9 Å². The third-order valence-electron chi connectivity index (χ3n) is 3.69. The van der Waals surface area contributed by atoms with Crippen LogP contribution in [-0.4, -0.2) is 36.6 Å². The van der Waals surface area contributed by atoms with Gasteiger partial charge in [-0.15, -0.1) is 0 Å². The van der Waals surface area contributed by atoms with Crippen LogP contribution in [0.1, 0.15) is 36.2 Å². The van der Waals surface area contributed by atoms with Crippen molar-refractivity contribution in [2.75, 3.05) is 19.7 Å². The lowest BCUT2D eigenvalue weighted by Gasteiger charge is -2.24. The highest BCUT2D eigenvalue weighted by Crippen LogP contribution is 2.31. The highest BCUT2D eigenvalue weighted by atomic mass is 79.9. The second kappa shape index (κ2) is 5.67. The van der Waals surface area contributed by atoms with Gasteiger partial charge in [0.05, 0.1) is 6.10 Å². The van der Waals surface area contributed by atoms with Crippen LogP contribution in [0.25, 0.3) is 0 Å². The first-order valence-corrected chi connectivity index (χ1v) is 7.68.